The number of rotatable bonds is 6. The molecule has 7 heteroatoms. The molecular formula is C10H14N2O4S. The third kappa shape index (κ3) is 4.83. The second kappa shape index (κ2) is 5.65. The van der Waals surface area contributed by atoms with Crippen molar-refractivity contribution in [1.82, 2.24) is 4.72 Å². The number of hydrogen-bond acceptors (Lipinski definition) is 4. The van der Waals surface area contributed by atoms with E-state index in [1.165, 1.54) is 6.07 Å². The van der Waals surface area contributed by atoms with Gasteiger partial charge in [0.15, 0.2) is 0 Å². The quantitative estimate of drug-likeness (QED) is 0.640. The molecule has 0 fully saturated rings. The van der Waals surface area contributed by atoms with Crippen molar-refractivity contribution in [3.8, 4) is 0 Å². The first-order chi connectivity index (χ1) is 7.90. The number of anilines is 1. The van der Waals surface area contributed by atoms with E-state index >= 15 is 0 Å². The minimum Gasteiger partial charge on any atom is -0.478 e. The van der Waals surface area contributed by atoms with Crippen molar-refractivity contribution in [2.75, 3.05) is 24.7 Å². The van der Waals surface area contributed by atoms with Crippen LogP contribution < -0.4 is 10.0 Å². The second-order valence-electron chi connectivity index (χ2n) is 3.44. The molecule has 1 aromatic rings. The number of aromatic carboxylic acids is 1. The zero-order valence-corrected chi connectivity index (χ0v) is 10.1. The van der Waals surface area contributed by atoms with Crippen molar-refractivity contribution >= 4 is 21.7 Å². The molecule has 94 valence electrons. The molecule has 3 N–H and O–H groups in total. The lowest BCUT2D eigenvalue weighted by molar-refractivity contribution is 0.0698. The number of benzene rings is 1. The Hall–Kier alpha value is -1.60. The van der Waals surface area contributed by atoms with Gasteiger partial charge < -0.3 is 10.4 Å². The highest BCUT2D eigenvalue weighted by Crippen LogP contribution is 2.13. The fourth-order valence-electron chi connectivity index (χ4n) is 1.26. The van der Waals surface area contributed by atoms with Gasteiger partial charge in [0.1, 0.15) is 0 Å². The zero-order valence-electron chi connectivity index (χ0n) is 9.30. The molecule has 0 bridgehead atoms. The third-order valence-electron chi connectivity index (χ3n) is 1.96. The fraction of sp³-hybridized carbons (Fsp3) is 0.300. The molecule has 0 atom stereocenters. The Morgan fingerprint density at radius 1 is 1.29 bits per heavy atom. The van der Waals surface area contributed by atoms with Crippen molar-refractivity contribution in [3.05, 3.63) is 29.8 Å². The van der Waals surface area contributed by atoms with Crippen LogP contribution in [0, 0.1) is 0 Å². The predicted molar refractivity (Wildman–Crippen MR) is 64.7 cm³/mol. The molecule has 0 radical (unpaired) electrons. The topological polar surface area (TPSA) is 95.5 Å². The Morgan fingerprint density at radius 2 is 1.94 bits per heavy atom. The number of nitrogens with one attached hydrogen (secondary N) is 2. The SMILES string of the molecule is CS(=O)(=O)NCCNc1ccccc1C(=O)O. The van der Waals surface area contributed by atoms with Gasteiger partial charge >= 0.3 is 5.97 Å². The maximum atomic E-state index is 10.9. The molecule has 0 saturated heterocycles. The van der Waals surface area contributed by atoms with Gasteiger partial charge in [0.25, 0.3) is 0 Å². The molecule has 0 aliphatic carbocycles. The highest BCUT2D eigenvalue weighted by Gasteiger charge is 2.08. The lowest BCUT2D eigenvalue weighted by atomic mass is 10.2. The van der Waals surface area contributed by atoms with Gasteiger partial charge in [-0.05, 0) is 12.1 Å². The van der Waals surface area contributed by atoms with Crippen molar-refractivity contribution in [3.63, 3.8) is 0 Å². The monoisotopic (exact) mass is 258 g/mol. The number of hydrogen-bond donors (Lipinski definition) is 3. The summed E-state index contributed by atoms with van der Waals surface area (Å²) in [5.41, 5.74) is 0.627. The summed E-state index contributed by atoms with van der Waals surface area (Å²) in [6.07, 6.45) is 1.07. The van der Waals surface area contributed by atoms with E-state index in [2.05, 4.69) is 10.0 Å². The molecule has 0 aliphatic rings. The van der Waals surface area contributed by atoms with E-state index < -0.39 is 16.0 Å². The summed E-state index contributed by atoms with van der Waals surface area (Å²) >= 11 is 0. The van der Waals surface area contributed by atoms with Gasteiger partial charge in [-0.25, -0.2) is 17.9 Å². The Balaban J connectivity index is 2.55. The van der Waals surface area contributed by atoms with E-state index in [0.717, 1.165) is 6.26 Å². The Labute approximate surface area is 99.7 Å². The van der Waals surface area contributed by atoms with Crippen LogP contribution in [0.1, 0.15) is 10.4 Å². The van der Waals surface area contributed by atoms with E-state index in [9.17, 15) is 13.2 Å². The molecule has 0 amide bonds. The predicted octanol–water partition coefficient (Wildman–Crippen LogP) is 0.346. The first-order valence-electron chi connectivity index (χ1n) is 4.91. The Kier molecular flexibility index (Phi) is 4.47. The summed E-state index contributed by atoms with van der Waals surface area (Å²) in [5.74, 6) is -1.02. The largest absolute Gasteiger partial charge is 0.478 e. The van der Waals surface area contributed by atoms with Gasteiger partial charge in [-0.2, -0.15) is 0 Å². The van der Waals surface area contributed by atoms with Crippen molar-refractivity contribution in [2.24, 2.45) is 0 Å². The van der Waals surface area contributed by atoms with Crippen molar-refractivity contribution in [1.29, 1.82) is 0 Å². The Bertz CT molecular complexity index is 499. The lowest BCUT2D eigenvalue weighted by Crippen LogP contribution is -2.27. The molecule has 0 saturated carbocycles. The zero-order chi connectivity index (χ0) is 12.9. The van der Waals surface area contributed by atoms with Gasteiger partial charge in [0, 0.05) is 18.8 Å². The normalized spacial score (nSPS) is 11.1. The first kappa shape index (κ1) is 13.5. The maximum Gasteiger partial charge on any atom is 0.337 e. The van der Waals surface area contributed by atoms with E-state index in [0.29, 0.717) is 12.2 Å². The summed E-state index contributed by atoms with van der Waals surface area (Å²) in [6.45, 7) is 0.518. The van der Waals surface area contributed by atoms with Gasteiger partial charge in [-0.15, -0.1) is 0 Å². The molecule has 1 aromatic carbocycles. The molecular weight excluding hydrogens is 244 g/mol. The van der Waals surface area contributed by atoms with Crippen molar-refractivity contribution < 1.29 is 18.3 Å². The molecule has 1 rings (SSSR count). The number of sulfonamides is 1. The summed E-state index contributed by atoms with van der Waals surface area (Å²) in [4.78, 5) is 10.9. The van der Waals surface area contributed by atoms with Crippen molar-refractivity contribution in [2.45, 2.75) is 0 Å². The summed E-state index contributed by atoms with van der Waals surface area (Å²) < 4.78 is 23.9. The maximum absolute atomic E-state index is 10.9. The fourth-order valence-corrected chi connectivity index (χ4v) is 1.73. The van der Waals surface area contributed by atoms with E-state index in [1.807, 2.05) is 0 Å². The van der Waals surface area contributed by atoms with Crippen LogP contribution in [0.5, 0.6) is 0 Å². The molecule has 0 aliphatic heterocycles. The van der Waals surface area contributed by atoms with Crippen LogP contribution in [0.4, 0.5) is 5.69 Å². The van der Waals surface area contributed by atoms with E-state index in [1.54, 1.807) is 18.2 Å². The number of carbonyl (C=O) groups is 1. The van der Waals surface area contributed by atoms with Gasteiger partial charge in [-0.3, -0.25) is 0 Å². The van der Waals surface area contributed by atoms with Crippen LogP contribution in [-0.4, -0.2) is 38.8 Å². The molecule has 0 aromatic heterocycles. The number of para-hydroxylation sites is 1. The summed E-state index contributed by atoms with van der Waals surface area (Å²) in [7, 11) is -3.21. The number of carboxylic acids is 1. The minimum atomic E-state index is -3.21. The molecule has 6 nitrogen and oxygen atoms in total. The van der Waals surface area contributed by atoms with Gasteiger partial charge in [0.2, 0.25) is 10.0 Å². The van der Waals surface area contributed by atoms with Crippen LogP contribution in [0.3, 0.4) is 0 Å². The number of carboxylic acid groups (broad SMARTS) is 1. The van der Waals surface area contributed by atoms with Crippen LogP contribution in [0.15, 0.2) is 24.3 Å². The average molecular weight is 258 g/mol. The van der Waals surface area contributed by atoms with E-state index in [4.69, 9.17) is 5.11 Å². The smallest absolute Gasteiger partial charge is 0.337 e. The minimum absolute atomic E-state index is 0.159. The van der Waals surface area contributed by atoms with Gasteiger partial charge in [-0.1, -0.05) is 12.1 Å². The molecule has 17 heavy (non-hydrogen) atoms. The second-order valence-corrected chi connectivity index (χ2v) is 5.28. The summed E-state index contributed by atoms with van der Waals surface area (Å²) in [6, 6.07) is 6.45. The highest BCUT2D eigenvalue weighted by molar-refractivity contribution is 7.88. The Morgan fingerprint density at radius 3 is 2.53 bits per heavy atom. The highest BCUT2D eigenvalue weighted by atomic mass is 32.2. The molecule has 0 spiro atoms. The average Bonchev–Trinajstić information content (AvgIpc) is 2.23. The van der Waals surface area contributed by atoms with Gasteiger partial charge in [0.05, 0.1) is 11.8 Å². The molecule has 0 unspecified atom stereocenters. The standard InChI is InChI=1S/C10H14N2O4S/c1-17(15,16)12-7-6-11-9-5-3-2-4-8(9)10(13)14/h2-5,11-12H,6-7H2,1H3,(H,13,14). The van der Waals surface area contributed by atoms with Crippen LogP contribution in [-0.2, 0) is 10.0 Å². The van der Waals surface area contributed by atoms with Crippen LogP contribution >= 0.6 is 0 Å². The van der Waals surface area contributed by atoms with Crippen LogP contribution in [0.25, 0.3) is 0 Å². The third-order valence-corrected chi connectivity index (χ3v) is 2.69. The summed E-state index contributed by atoms with van der Waals surface area (Å²) in [5, 5.41) is 11.8. The first-order valence-corrected chi connectivity index (χ1v) is 6.80. The lowest BCUT2D eigenvalue weighted by Gasteiger charge is -2.09. The van der Waals surface area contributed by atoms with E-state index in [-0.39, 0.29) is 12.1 Å². The van der Waals surface area contributed by atoms with Crippen LogP contribution in [0.2, 0.25) is 0 Å². The molecule has 0 heterocycles.